The van der Waals surface area contributed by atoms with Gasteiger partial charge in [-0.25, -0.2) is 4.79 Å². The SMILES string of the molecule is O=C(O)/C=C/c1ccc(I)cc1OC(F)(F)F. The van der Waals surface area contributed by atoms with E-state index in [1.165, 1.54) is 12.1 Å². The van der Waals surface area contributed by atoms with E-state index in [0.29, 0.717) is 3.57 Å². The number of carboxylic acid groups (broad SMARTS) is 1. The van der Waals surface area contributed by atoms with Crippen molar-refractivity contribution < 1.29 is 27.8 Å². The highest BCUT2D eigenvalue weighted by Gasteiger charge is 2.31. The summed E-state index contributed by atoms with van der Waals surface area (Å²) in [5.41, 5.74) is 0.0464. The van der Waals surface area contributed by atoms with Crippen LogP contribution in [0.15, 0.2) is 24.3 Å². The molecule has 0 heterocycles. The largest absolute Gasteiger partial charge is 0.573 e. The predicted octanol–water partition coefficient (Wildman–Crippen LogP) is 3.29. The van der Waals surface area contributed by atoms with Crippen LogP contribution in [0.3, 0.4) is 0 Å². The van der Waals surface area contributed by atoms with Crippen molar-refractivity contribution in [2.24, 2.45) is 0 Å². The van der Waals surface area contributed by atoms with Crippen molar-refractivity contribution in [3.05, 3.63) is 33.4 Å². The Kier molecular flexibility index (Phi) is 4.38. The number of carboxylic acids is 1. The smallest absolute Gasteiger partial charge is 0.478 e. The molecule has 0 saturated heterocycles. The average Bonchev–Trinajstić information content (AvgIpc) is 2.13. The first kappa shape index (κ1) is 13.8. The first-order valence-electron chi connectivity index (χ1n) is 4.24. The molecule has 0 saturated carbocycles. The van der Waals surface area contributed by atoms with Gasteiger partial charge in [0.05, 0.1) is 0 Å². The predicted molar refractivity (Wildman–Crippen MR) is 62.5 cm³/mol. The Balaban J connectivity index is 3.08. The molecule has 0 aliphatic carbocycles. The second-order valence-corrected chi connectivity index (χ2v) is 4.15. The van der Waals surface area contributed by atoms with Gasteiger partial charge in [0.1, 0.15) is 5.75 Å². The Morgan fingerprint density at radius 3 is 2.59 bits per heavy atom. The van der Waals surface area contributed by atoms with Crippen LogP contribution in [0.2, 0.25) is 0 Å². The van der Waals surface area contributed by atoms with E-state index >= 15 is 0 Å². The summed E-state index contributed by atoms with van der Waals surface area (Å²) < 4.78 is 40.6. The first-order chi connectivity index (χ1) is 7.78. The number of carbonyl (C=O) groups is 1. The number of aliphatic carboxylic acids is 1. The zero-order chi connectivity index (χ0) is 13.1. The zero-order valence-corrected chi connectivity index (χ0v) is 10.3. The molecule has 7 heteroatoms. The molecule has 0 fully saturated rings. The Labute approximate surface area is 108 Å². The first-order valence-corrected chi connectivity index (χ1v) is 5.32. The molecule has 0 amide bonds. The van der Waals surface area contributed by atoms with Gasteiger partial charge in [0.2, 0.25) is 0 Å². The Bertz CT molecular complexity index is 455. The number of benzene rings is 1. The summed E-state index contributed by atoms with van der Waals surface area (Å²) in [5, 5.41) is 8.40. The third-order valence-corrected chi connectivity index (χ3v) is 2.28. The number of ether oxygens (including phenoxy) is 1. The van der Waals surface area contributed by atoms with Crippen LogP contribution in [0.4, 0.5) is 13.2 Å². The molecule has 3 nitrogen and oxygen atoms in total. The average molecular weight is 358 g/mol. The van der Waals surface area contributed by atoms with Gasteiger partial charge >= 0.3 is 12.3 Å². The highest BCUT2D eigenvalue weighted by Crippen LogP contribution is 2.28. The van der Waals surface area contributed by atoms with Crippen LogP contribution in [-0.2, 0) is 4.79 Å². The van der Waals surface area contributed by atoms with Crippen LogP contribution < -0.4 is 4.74 Å². The van der Waals surface area contributed by atoms with E-state index in [4.69, 9.17) is 5.11 Å². The van der Waals surface area contributed by atoms with Crippen LogP contribution in [0, 0.1) is 3.57 Å². The van der Waals surface area contributed by atoms with E-state index in [-0.39, 0.29) is 5.56 Å². The van der Waals surface area contributed by atoms with Crippen LogP contribution in [0.5, 0.6) is 5.75 Å². The van der Waals surface area contributed by atoms with Gasteiger partial charge in [-0.1, -0.05) is 6.07 Å². The van der Waals surface area contributed by atoms with Gasteiger partial charge in [0, 0.05) is 15.2 Å². The van der Waals surface area contributed by atoms with Crippen molar-refractivity contribution in [3.63, 3.8) is 0 Å². The molecule has 0 radical (unpaired) electrons. The van der Waals surface area contributed by atoms with Gasteiger partial charge in [0.15, 0.2) is 0 Å². The molecule has 1 aromatic rings. The summed E-state index contributed by atoms with van der Waals surface area (Å²) in [5.74, 6) is -1.68. The minimum atomic E-state index is -4.81. The Morgan fingerprint density at radius 1 is 1.41 bits per heavy atom. The molecule has 0 spiro atoms. The van der Waals surface area contributed by atoms with Crippen LogP contribution in [0.1, 0.15) is 5.56 Å². The highest BCUT2D eigenvalue weighted by atomic mass is 127. The molecule has 0 aromatic heterocycles. The normalized spacial score (nSPS) is 11.8. The fourth-order valence-electron chi connectivity index (χ4n) is 1.02. The number of hydrogen-bond acceptors (Lipinski definition) is 2. The van der Waals surface area contributed by atoms with Crippen LogP contribution >= 0.6 is 22.6 Å². The summed E-state index contributed by atoms with van der Waals surface area (Å²) in [7, 11) is 0. The Hall–Kier alpha value is -1.25. The zero-order valence-electron chi connectivity index (χ0n) is 8.16. The van der Waals surface area contributed by atoms with Crippen molar-refractivity contribution in [3.8, 4) is 5.75 Å². The molecular weight excluding hydrogens is 352 g/mol. The number of hydrogen-bond donors (Lipinski definition) is 1. The van der Waals surface area contributed by atoms with Gasteiger partial charge in [0.25, 0.3) is 0 Å². The summed E-state index contributed by atoms with van der Waals surface area (Å²) in [6.07, 6.45) is -3.03. The van der Waals surface area contributed by atoms with Crippen molar-refractivity contribution in [1.29, 1.82) is 0 Å². The maximum absolute atomic E-state index is 12.1. The van der Waals surface area contributed by atoms with E-state index in [1.807, 2.05) is 22.6 Å². The molecular formula is C10H6F3IO3. The van der Waals surface area contributed by atoms with Crippen molar-refractivity contribution >= 4 is 34.6 Å². The lowest BCUT2D eigenvalue weighted by atomic mass is 10.2. The molecule has 0 atom stereocenters. The van der Waals surface area contributed by atoms with Crippen molar-refractivity contribution in [2.45, 2.75) is 6.36 Å². The summed E-state index contributed by atoms with van der Waals surface area (Å²) >= 11 is 1.83. The summed E-state index contributed by atoms with van der Waals surface area (Å²) in [6, 6.07) is 4.07. The summed E-state index contributed by atoms with van der Waals surface area (Å²) in [4.78, 5) is 10.3. The van der Waals surface area contributed by atoms with E-state index < -0.39 is 18.1 Å². The molecule has 1 N–H and O–H groups in total. The van der Waals surface area contributed by atoms with E-state index in [2.05, 4.69) is 4.74 Å². The summed E-state index contributed by atoms with van der Waals surface area (Å²) in [6.45, 7) is 0. The quantitative estimate of drug-likeness (QED) is 0.667. The van der Waals surface area contributed by atoms with E-state index in [0.717, 1.165) is 12.2 Å². The molecule has 0 bridgehead atoms. The number of alkyl halides is 3. The lowest BCUT2D eigenvalue weighted by Gasteiger charge is -2.11. The lowest BCUT2D eigenvalue weighted by Crippen LogP contribution is -2.17. The third-order valence-electron chi connectivity index (χ3n) is 1.61. The van der Waals surface area contributed by atoms with E-state index in [1.54, 1.807) is 6.07 Å². The van der Waals surface area contributed by atoms with Crippen molar-refractivity contribution in [1.82, 2.24) is 0 Å². The fraction of sp³-hybridized carbons (Fsp3) is 0.100. The topological polar surface area (TPSA) is 46.5 Å². The minimum absolute atomic E-state index is 0.0464. The molecule has 0 unspecified atom stereocenters. The molecule has 17 heavy (non-hydrogen) atoms. The van der Waals surface area contributed by atoms with E-state index in [9.17, 15) is 18.0 Å². The lowest BCUT2D eigenvalue weighted by molar-refractivity contribution is -0.274. The van der Waals surface area contributed by atoms with Crippen LogP contribution in [0.25, 0.3) is 6.08 Å². The monoisotopic (exact) mass is 358 g/mol. The number of halogens is 4. The standard InChI is InChI=1S/C10H6F3IO3/c11-10(12,13)17-8-5-7(14)3-1-6(8)2-4-9(15)16/h1-5H,(H,15,16)/b4-2+. The molecule has 1 aromatic carbocycles. The second-order valence-electron chi connectivity index (χ2n) is 2.90. The third kappa shape index (κ3) is 5.07. The van der Waals surface area contributed by atoms with Gasteiger partial charge < -0.3 is 9.84 Å². The maximum atomic E-state index is 12.1. The van der Waals surface area contributed by atoms with Gasteiger partial charge in [-0.05, 0) is 40.8 Å². The van der Waals surface area contributed by atoms with Crippen LogP contribution in [-0.4, -0.2) is 17.4 Å². The maximum Gasteiger partial charge on any atom is 0.573 e. The van der Waals surface area contributed by atoms with Gasteiger partial charge in [-0.2, -0.15) is 0 Å². The fourth-order valence-corrected chi connectivity index (χ4v) is 1.48. The van der Waals surface area contributed by atoms with Gasteiger partial charge in [-0.15, -0.1) is 13.2 Å². The highest BCUT2D eigenvalue weighted by molar-refractivity contribution is 14.1. The molecule has 0 aliphatic heterocycles. The number of rotatable bonds is 3. The minimum Gasteiger partial charge on any atom is -0.478 e. The van der Waals surface area contributed by atoms with Gasteiger partial charge in [-0.3, -0.25) is 0 Å². The Morgan fingerprint density at radius 2 is 2.06 bits per heavy atom. The second kappa shape index (κ2) is 5.39. The van der Waals surface area contributed by atoms with Crippen molar-refractivity contribution in [2.75, 3.05) is 0 Å². The molecule has 0 aliphatic rings. The molecule has 1 rings (SSSR count). The molecule has 92 valence electrons.